The highest BCUT2D eigenvalue weighted by Gasteiger charge is 2.16. The number of carbonyl (C=O) groups excluding carboxylic acids is 1. The number of aliphatic hydroxyl groups is 1. The highest BCUT2D eigenvalue weighted by molar-refractivity contribution is 9.10. The van der Waals surface area contributed by atoms with Crippen molar-refractivity contribution in [3.8, 4) is 5.75 Å². The lowest BCUT2D eigenvalue weighted by Crippen LogP contribution is -2.30. The molecule has 5 heteroatoms. The first-order chi connectivity index (χ1) is 9.45. The number of ether oxygens (including phenoxy) is 1. The van der Waals surface area contributed by atoms with Gasteiger partial charge in [0, 0.05) is 29.0 Å². The van der Waals surface area contributed by atoms with Crippen molar-refractivity contribution >= 4 is 21.8 Å². The molecular formula is C15H22BrNO3. The standard InChI is InChI=1S/C15H22BrNO3/c1-10(2)15(19)17-11(3)13-6-5-12(16)9-14(13)20-8-4-7-18/h5-6,9-11,18H,4,7-8H2,1-3H3,(H,17,19)/t11-/m1/s1. The van der Waals surface area contributed by atoms with Gasteiger partial charge < -0.3 is 15.2 Å². The summed E-state index contributed by atoms with van der Waals surface area (Å²) in [6, 6.07) is 5.61. The topological polar surface area (TPSA) is 58.6 Å². The molecule has 0 saturated carbocycles. The van der Waals surface area contributed by atoms with E-state index >= 15 is 0 Å². The van der Waals surface area contributed by atoms with Crippen LogP contribution >= 0.6 is 15.9 Å². The highest BCUT2D eigenvalue weighted by atomic mass is 79.9. The minimum absolute atomic E-state index is 0.0155. The fourth-order valence-corrected chi connectivity index (χ4v) is 2.04. The van der Waals surface area contributed by atoms with Gasteiger partial charge in [0.25, 0.3) is 0 Å². The maximum atomic E-state index is 11.8. The summed E-state index contributed by atoms with van der Waals surface area (Å²) in [6.45, 7) is 6.21. The van der Waals surface area contributed by atoms with Crippen molar-refractivity contribution in [1.82, 2.24) is 5.32 Å². The molecule has 0 fully saturated rings. The molecule has 0 unspecified atom stereocenters. The minimum Gasteiger partial charge on any atom is -0.493 e. The molecule has 4 nitrogen and oxygen atoms in total. The maximum Gasteiger partial charge on any atom is 0.223 e. The Labute approximate surface area is 128 Å². The van der Waals surface area contributed by atoms with Gasteiger partial charge in [-0.25, -0.2) is 0 Å². The third-order valence-electron chi connectivity index (χ3n) is 2.89. The highest BCUT2D eigenvalue weighted by Crippen LogP contribution is 2.29. The van der Waals surface area contributed by atoms with Crippen LogP contribution in [-0.2, 0) is 4.79 Å². The van der Waals surface area contributed by atoms with E-state index in [4.69, 9.17) is 9.84 Å². The van der Waals surface area contributed by atoms with Gasteiger partial charge in [0.15, 0.2) is 0 Å². The summed E-state index contributed by atoms with van der Waals surface area (Å²) in [4.78, 5) is 11.8. The molecule has 0 aliphatic heterocycles. The number of amides is 1. The van der Waals surface area contributed by atoms with Crippen LogP contribution in [0.1, 0.15) is 38.8 Å². The van der Waals surface area contributed by atoms with Gasteiger partial charge in [0.1, 0.15) is 5.75 Å². The average Bonchev–Trinajstić information content (AvgIpc) is 2.38. The van der Waals surface area contributed by atoms with Gasteiger partial charge in [-0.05, 0) is 19.1 Å². The first kappa shape index (κ1) is 17.0. The number of halogens is 1. The average molecular weight is 344 g/mol. The van der Waals surface area contributed by atoms with Gasteiger partial charge >= 0.3 is 0 Å². The SMILES string of the molecule is CC(C)C(=O)N[C@H](C)c1ccc(Br)cc1OCCCO. The Morgan fingerprint density at radius 2 is 2.10 bits per heavy atom. The second-order valence-corrected chi connectivity index (χ2v) is 5.91. The van der Waals surface area contributed by atoms with Crippen LogP contribution < -0.4 is 10.1 Å². The Bertz CT molecular complexity index is 449. The summed E-state index contributed by atoms with van der Waals surface area (Å²) < 4.78 is 6.60. The van der Waals surface area contributed by atoms with Crippen LogP contribution in [0.3, 0.4) is 0 Å². The van der Waals surface area contributed by atoms with E-state index in [0.717, 1.165) is 15.8 Å². The Kier molecular flexibility index (Phi) is 7.02. The summed E-state index contributed by atoms with van der Waals surface area (Å²) >= 11 is 3.41. The number of hydrogen-bond donors (Lipinski definition) is 2. The van der Waals surface area contributed by atoms with E-state index in [2.05, 4.69) is 21.2 Å². The van der Waals surface area contributed by atoms with Crippen LogP contribution in [0.15, 0.2) is 22.7 Å². The van der Waals surface area contributed by atoms with Crippen molar-refractivity contribution < 1.29 is 14.6 Å². The van der Waals surface area contributed by atoms with E-state index in [-0.39, 0.29) is 24.5 Å². The predicted octanol–water partition coefficient (Wildman–Crippen LogP) is 3.04. The number of rotatable bonds is 7. The van der Waals surface area contributed by atoms with Crippen molar-refractivity contribution in [3.05, 3.63) is 28.2 Å². The Morgan fingerprint density at radius 3 is 2.70 bits per heavy atom. The van der Waals surface area contributed by atoms with E-state index < -0.39 is 0 Å². The quantitative estimate of drug-likeness (QED) is 0.748. The summed E-state index contributed by atoms with van der Waals surface area (Å²) in [5.74, 6) is 0.692. The van der Waals surface area contributed by atoms with Crippen molar-refractivity contribution in [2.24, 2.45) is 5.92 Å². The molecule has 1 amide bonds. The third-order valence-corrected chi connectivity index (χ3v) is 3.38. The second-order valence-electron chi connectivity index (χ2n) is 4.99. The normalized spacial score (nSPS) is 12.3. The molecule has 1 aromatic rings. The zero-order valence-electron chi connectivity index (χ0n) is 12.1. The number of nitrogens with one attached hydrogen (secondary N) is 1. The van der Waals surface area contributed by atoms with Crippen LogP contribution in [0.5, 0.6) is 5.75 Å². The van der Waals surface area contributed by atoms with E-state index in [9.17, 15) is 4.79 Å². The Hall–Kier alpha value is -1.07. The number of benzene rings is 1. The second kappa shape index (κ2) is 8.27. The number of carbonyl (C=O) groups is 1. The van der Waals surface area contributed by atoms with Crippen molar-refractivity contribution in [3.63, 3.8) is 0 Å². The molecular weight excluding hydrogens is 322 g/mol. The van der Waals surface area contributed by atoms with Crippen LogP contribution in [0.2, 0.25) is 0 Å². The maximum absolute atomic E-state index is 11.8. The Balaban J connectivity index is 2.83. The van der Waals surface area contributed by atoms with Gasteiger partial charge in [-0.1, -0.05) is 35.8 Å². The molecule has 1 atom stereocenters. The first-order valence-electron chi connectivity index (χ1n) is 6.79. The molecule has 20 heavy (non-hydrogen) atoms. The number of hydrogen-bond acceptors (Lipinski definition) is 3. The molecule has 0 aliphatic rings. The van der Waals surface area contributed by atoms with Gasteiger partial charge in [-0.3, -0.25) is 4.79 Å². The van der Waals surface area contributed by atoms with Gasteiger partial charge in [-0.15, -0.1) is 0 Å². The van der Waals surface area contributed by atoms with E-state index in [1.807, 2.05) is 39.0 Å². The lowest BCUT2D eigenvalue weighted by Gasteiger charge is -2.19. The summed E-state index contributed by atoms with van der Waals surface area (Å²) in [5, 5.41) is 11.8. The summed E-state index contributed by atoms with van der Waals surface area (Å²) in [6.07, 6.45) is 0.582. The van der Waals surface area contributed by atoms with Gasteiger partial charge in [0.05, 0.1) is 12.6 Å². The van der Waals surface area contributed by atoms with Gasteiger partial charge in [0.2, 0.25) is 5.91 Å². The van der Waals surface area contributed by atoms with E-state index in [1.165, 1.54) is 0 Å². The molecule has 0 aromatic heterocycles. The van der Waals surface area contributed by atoms with Crippen LogP contribution in [-0.4, -0.2) is 24.2 Å². The monoisotopic (exact) mass is 343 g/mol. The van der Waals surface area contributed by atoms with Crippen LogP contribution in [0, 0.1) is 5.92 Å². The molecule has 0 bridgehead atoms. The lowest BCUT2D eigenvalue weighted by molar-refractivity contribution is -0.124. The lowest BCUT2D eigenvalue weighted by atomic mass is 10.1. The number of aliphatic hydroxyl groups excluding tert-OH is 1. The molecule has 1 aromatic carbocycles. The van der Waals surface area contributed by atoms with E-state index in [1.54, 1.807) is 0 Å². The molecule has 0 spiro atoms. The largest absolute Gasteiger partial charge is 0.493 e. The predicted molar refractivity (Wildman–Crippen MR) is 82.7 cm³/mol. The molecule has 2 N–H and O–H groups in total. The zero-order chi connectivity index (χ0) is 15.1. The minimum atomic E-state index is -0.123. The molecule has 0 saturated heterocycles. The van der Waals surface area contributed by atoms with E-state index in [0.29, 0.717) is 13.0 Å². The zero-order valence-corrected chi connectivity index (χ0v) is 13.7. The summed E-state index contributed by atoms with van der Waals surface area (Å²) in [5.41, 5.74) is 0.931. The van der Waals surface area contributed by atoms with Crippen molar-refractivity contribution in [2.45, 2.75) is 33.2 Å². The Morgan fingerprint density at radius 1 is 1.40 bits per heavy atom. The molecule has 112 valence electrons. The van der Waals surface area contributed by atoms with Crippen molar-refractivity contribution in [1.29, 1.82) is 0 Å². The third kappa shape index (κ3) is 5.13. The van der Waals surface area contributed by atoms with Crippen LogP contribution in [0.25, 0.3) is 0 Å². The fourth-order valence-electron chi connectivity index (χ4n) is 1.70. The smallest absolute Gasteiger partial charge is 0.223 e. The molecule has 0 aliphatic carbocycles. The fraction of sp³-hybridized carbons (Fsp3) is 0.533. The summed E-state index contributed by atoms with van der Waals surface area (Å²) in [7, 11) is 0. The van der Waals surface area contributed by atoms with Gasteiger partial charge in [-0.2, -0.15) is 0 Å². The van der Waals surface area contributed by atoms with Crippen LogP contribution in [0.4, 0.5) is 0 Å². The molecule has 0 radical (unpaired) electrons. The first-order valence-corrected chi connectivity index (χ1v) is 7.58. The van der Waals surface area contributed by atoms with Crippen molar-refractivity contribution in [2.75, 3.05) is 13.2 Å². The molecule has 1 rings (SSSR count). The molecule has 0 heterocycles.